The number of cyclic esters (lactones) is 1. The van der Waals surface area contributed by atoms with Crippen molar-refractivity contribution in [3.8, 4) is 5.75 Å². The monoisotopic (exact) mass is 489 g/mol. The second-order valence-electron chi connectivity index (χ2n) is 6.66. The van der Waals surface area contributed by atoms with E-state index in [4.69, 9.17) is 33.1 Å². The van der Waals surface area contributed by atoms with Crippen LogP contribution in [0.4, 0.5) is 0 Å². The molecule has 3 N–H and O–H groups in total. The van der Waals surface area contributed by atoms with E-state index in [0.717, 1.165) is 5.48 Å². The Morgan fingerprint density at radius 3 is 2.52 bits per heavy atom. The van der Waals surface area contributed by atoms with Crippen LogP contribution < -0.4 is 10.2 Å². The summed E-state index contributed by atoms with van der Waals surface area (Å²) in [6.07, 6.45) is -0.342. The van der Waals surface area contributed by atoms with Crippen molar-refractivity contribution >= 4 is 44.9 Å². The zero-order valence-corrected chi connectivity index (χ0v) is 18.1. The van der Waals surface area contributed by atoms with Crippen molar-refractivity contribution in [2.45, 2.75) is 28.8 Å². The average Bonchev–Trinajstić information content (AvgIpc) is 2.74. The van der Waals surface area contributed by atoms with Gasteiger partial charge in [0.25, 0.3) is 11.5 Å². The van der Waals surface area contributed by atoms with Crippen molar-refractivity contribution in [1.29, 1.82) is 0 Å². The largest absolute Gasteiger partial charge is 0.489 e. The minimum atomic E-state index is -4.37. The average molecular weight is 490 g/mol. The summed E-state index contributed by atoms with van der Waals surface area (Å²) in [6, 6.07) is 10.1. The number of carbonyl (C=O) groups is 2. The van der Waals surface area contributed by atoms with Crippen molar-refractivity contribution in [3.63, 3.8) is 0 Å². The molecule has 2 aromatic rings. The maximum Gasteiger partial charge on any atom is 0.349 e. The van der Waals surface area contributed by atoms with E-state index >= 15 is 0 Å². The molecular weight excluding hydrogens is 473 g/mol. The van der Waals surface area contributed by atoms with Gasteiger partial charge in [-0.05, 0) is 36.4 Å². The second-order valence-corrected chi connectivity index (χ2v) is 9.64. The Morgan fingerprint density at radius 2 is 1.90 bits per heavy atom. The predicted molar refractivity (Wildman–Crippen MR) is 109 cm³/mol. The molecule has 0 spiro atoms. The highest BCUT2D eigenvalue weighted by Crippen LogP contribution is 2.33. The van der Waals surface area contributed by atoms with Crippen LogP contribution in [0, 0.1) is 0 Å². The van der Waals surface area contributed by atoms with E-state index < -0.39 is 32.6 Å². The van der Waals surface area contributed by atoms with Crippen molar-refractivity contribution < 1.29 is 37.8 Å². The molecule has 0 aliphatic carbocycles. The number of amides is 1. The van der Waals surface area contributed by atoms with Crippen LogP contribution in [-0.2, 0) is 30.8 Å². The number of hydroxylamine groups is 1. The van der Waals surface area contributed by atoms with Gasteiger partial charge in [-0.2, -0.15) is 0 Å². The first-order valence-corrected chi connectivity index (χ1v) is 11.2. The van der Waals surface area contributed by atoms with E-state index in [2.05, 4.69) is 4.74 Å². The highest BCUT2D eigenvalue weighted by Gasteiger charge is 2.60. The van der Waals surface area contributed by atoms with Gasteiger partial charge in [0.05, 0.1) is 11.5 Å². The number of hydrogen-bond acceptors (Lipinski definition) is 8. The van der Waals surface area contributed by atoms with E-state index in [9.17, 15) is 23.1 Å². The van der Waals surface area contributed by atoms with Gasteiger partial charge in [0.2, 0.25) is 0 Å². The molecular formula is C19H17Cl2NO8S. The highest BCUT2D eigenvalue weighted by atomic mass is 35.5. The van der Waals surface area contributed by atoms with E-state index in [1.807, 2.05) is 0 Å². The van der Waals surface area contributed by atoms with Crippen LogP contribution in [0.25, 0.3) is 0 Å². The topological polar surface area (TPSA) is 139 Å². The summed E-state index contributed by atoms with van der Waals surface area (Å²) in [6.45, 7) is -0.209. The van der Waals surface area contributed by atoms with Crippen molar-refractivity contribution in [1.82, 2.24) is 5.48 Å². The number of sulfone groups is 1. The molecule has 12 heteroatoms. The smallest absolute Gasteiger partial charge is 0.349 e. The Balaban J connectivity index is 1.81. The van der Waals surface area contributed by atoms with Gasteiger partial charge in [0, 0.05) is 22.0 Å². The maximum atomic E-state index is 13.0. The number of halogens is 2. The number of esters is 1. The van der Waals surface area contributed by atoms with Gasteiger partial charge in [-0.1, -0.05) is 29.3 Å². The van der Waals surface area contributed by atoms with Gasteiger partial charge < -0.3 is 14.6 Å². The molecule has 0 bridgehead atoms. The lowest BCUT2D eigenvalue weighted by atomic mass is 9.94. The van der Waals surface area contributed by atoms with Crippen molar-refractivity contribution in [2.75, 3.05) is 6.61 Å². The van der Waals surface area contributed by atoms with Crippen LogP contribution in [0.3, 0.4) is 0 Å². The summed E-state index contributed by atoms with van der Waals surface area (Å²) in [4.78, 5) is 23.6. The van der Waals surface area contributed by atoms with Crippen molar-refractivity contribution in [3.05, 3.63) is 58.1 Å². The summed E-state index contributed by atoms with van der Waals surface area (Å²) in [7, 11) is -4.37. The lowest BCUT2D eigenvalue weighted by Crippen LogP contribution is -2.65. The van der Waals surface area contributed by atoms with Gasteiger partial charge in [-0.3, -0.25) is 10.0 Å². The molecule has 2 atom stereocenters. The van der Waals surface area contributed by atoms with E-state index in [1.165, 1.54) is 24.3 Å². The van der Waals surface area contributed by atoms with Gasteiger partial charge in [-0.15, -0.1) is 0 Å². The summed E-state index contributed by atoms with van der Waals surface area (Å²) in [5, 5.41) is 18.4. The molecule has 3 rings (SSSR count). The molecule has 31 heavy (non-hydrogen) atoms. The Bertz CT molecular complexity index is 1100. The number of nitrogens with one attached hydrogen (secondary N) is 1. The first kappa shape index (κ1) is 23.3. The molecule has 2 aromatic carbocycles. The maximum absolute atomic E-state index is 13.0. The Morgan fingerprint density at radius 1 is 1.23 bits per heavy atom. The minimum Gasteiger partial charge on any atom is -0.489 e. The molecule has 0 saturated carbocycles. The molecule has 1 saturated heterocycles. The van der Waals surface area contributed by atoms with Crippen LogP contribution in [0.2, 0.25) is 10.0 Å². The number of aliphatic hydroxyl groups is 1. The van der Waals surface area contributed by atoms with E-state index in [0.29, 0.717) is 21.4 Å². The minimum absolute atomic E-state index is 0.104. The van der Waals surface area contributed by atoms with Crippen molar-refractivity contribution in [2.24, 2.45) is 0 Å². The van der Waals surface area contributed by atoms with Gasteiger partial charge in [-0.25, -0.2) is 18.7 Å². The molecule has 1 aliphatic heterocycles. The fraction of sp³-hybridized carbons (Fsp3) is 0.263. The SMILES string of the molecule is O=C(NO)C1(O)C(=O)OCCC1S(=O)(=O)c1ccc(OCc2ccc(Cl)cc2Cl)cc1. The van der Waals surface area contributed by atoms with Gasteiger partial charge in [0.1, 0.15) is 17.6 Å². The fourth-order valence-corrected chi connectivity index (χ4v) is 5.47. The third kappa shape index (κ3) is 4.48. The quantitative estimate of drug-likeness (QED) is 0.242. The summed E-state index contributed by atoms with van der Waals surface area (Å²) in [5.41, 5.74) is -1.31. The molecule has 1 heterocycles. The zero-order valence-electron chi connectivity index (χ0n) is 15.7. The molecule has 9 nitrogen and oxygen atoms in total. The predicted octanol–water partition coefficient (Wildman–Crippen LogP) is 1.90. The van der Waals surface area contributed by atoms with E-state index in [1.54, 1.807) is 18.2 Å². The third-order valence-corrected chi connectivity index (χ3v) is 7.62. The van der Waals surface area contributed by atoms with Crippen LogP contribution in [-0.4, -0.2) is 48.1 Å². The number of hydrogen-bond donors (Lipinski definition) is 3. The Kier molecular flexibility index (Phi) is 6.77. The molecule has 0 aromatic heterocycles. The molecule has 2 unspecified atom stereocenters. The molecule has 0 radical (unpaired) electrons. The normalized spacial score (nSPS) is 21.3. The third-order valence-electron chi connectivity index (χ3n) is 4.77. The summed E-state index contributed by atoms with van der Waals surface area (Å²) >= 11 is 11.9. The first-order valence-electron chi connectivity index (χ1n) is 8.85. The number of carbonyl (C=O) groups excluding carboxylic acids is 2. The Labute approximate surface area is 187 Å². The second kappa shape index (κ2) is 9.01. The first-order chi connectivity index (χ1) is 14.6. The zero-order chi connectivity index (χ0) is 22.8. The fourth-order valence-electron chi connectivity index (χ4n) is 3.10. The summed E-state index contributed by atoms with van der Waals surface area (Å²) < 4.78 is 36.3. The van der Waals surface area contributed by atoms with Crippen LogP contribution in [0.5, 0.6) is 5.75 Å². The highest BCUT2D eigenvalue weighted by molar-refractivity contribution is 7.92. The molecule has 1 aliphatic rings. The van der Waals surface area contributed by atoms with Gasteiger partial charge >= 0.3 is 5.97 Å². The lowest BCUT2D eigenvalue weighted by Gasteiger charge is -2.35. The molecule has 166 valence electrons. The number of rotatable bonds is 6. The lowest BCUT2D eigenvalue weighted by molar-refractivity contribution is -0.181. The molecule has 1 amide bonds. The summed E-state index contributed by atoms with van der Waals surface area (Å²) in [5.74, 6) is -2.72. The molecule has 1 fully saturated rings. The number of ether oxygens (including phenoxy) is 2. The van der Waals surface area contributed by atoms with Crippen LogP contribution >= 0.6 is 23.2 Å². The van der Waals surface area contributed by atoms with E-state index in [-0.39, 0.29) is 24.5 Å². The Hall–Kier alpha value is -2.37. The van der Waals surface area contributed by atoms with Crippen LogP contribution in [0.1, 0.15) is 12.0 Å². The standard InChI is InChI=1S/C19H17Cl2NO8S/c20-12-2-1-11(15(21)9-12)10-30-13-3-5-14(6-4-13)31(27,28)16-7-8-29-18(24)19(16,25)17(23)22-26/h1-6,9,16,25-26H,7-8,10H2,(H,22,23). The van der Waals surface area contributed by atoms with Crippen LogP contribution in [0.15, 0.2) is 47.4 Å². The van der Waals surface area contributed by atoms with Gasteiger partial charge in [0.15, 0.2) is 9.84 Å². The number of benzene rings is 2.